The van der Waals surface area contributed by atoms with Gasteiger partial charge >= 0.3 is 0 Å². The molecule has 8 nitrogen and oxygen atoms in total. The Labute approximate surface area is 184 Å². The summed E-state index contributed by atoms with van der Waals surface area (Å²) in [5, 5.41) is 12.7. The molecule has 31 heavy (non-hydrogen) atoms. The highest BCUT2D eigenvalue weighted by Gasteiger charge is 2.31. The molecule has 0 radical (unpaired) electrons. The molecular formula is C22H23N5O3S. The first-order valence-corrected chi connectivity index (χ1v) is 11.4. The molecule has 160 valence electrons. The van der Waals surface area contributed by atoms with E-state index >= 15 is 0 Å². The molecule has 9 heteroatoms. The molecule has 0 N–H and O–H groups in total. The van der Waals surface area contributed by atoms with Gasteiger partial charge in [-0.1, -0.05) is 36.0 Å². The van der Waals surface area contributed by atoms with Crippen LogP contribution in [-0.2, 0) is 4.79 Å². The fraction of sp³-hybridized carbons (Fsp3) is 0.364. The fourth-order valence-electron chi connectivity index (χ4n) is 4.11. The topological polar surface area (TPSA) is 82.4 Å². The van der Waals surface area contributed by atoms with Crippen LogP contribution in [0, 0.1) is 6.92 Å². The maximum absolute atomic E-state index is 13.1. The Balaban J connectivity index is 1.29. The summed E-state index contributed by atoms with van der Waals surface area (Å²) in [6.07, 6.45) is 1.92. The lowest BCUT2D eigenvalue weighted by atomic mass is 10.0. The van der Waals surface area contributed by atoms with Crippen molar-refractivity contribution < 1.29 is 14.3 Å². The van der Waals surface area contributed by atoms with Crippen LogP contribution in [-0.4, -0.2) is 56.5 Å². The van der Waals surface area contributed by atoms with Crippen molar-refractivity contribution in [3.63, 3.8) is 0 Å². The number of aromatic nitrogens is 4. The lowest BCUT2D eigenvalue weighted by Crippen LogP contribution is -2.32. The van der Waals surface area contributed by atoms with Crippen LogP contribution in [0.5, 0.6) is 11.5 Å². The van der Waals surface area contributed by atoms with Crippen molar-refractivity contribution in [2.75, 3.05) is 25.5 Å². The largest absolute Gasteiger partial charge is 0.486 e. The maximum Gasteiger partial charge on any atom is 0.233 e. The van der Waals surface area contributed by atoms with Crippen LogP contribution in [0.2, 0.25) is 0 Å². The number of thioether (sulfide) groups is 1. The molecule has 3 aromatic rings. The van der Waals surface area contributed by atoms with E-state index in [9.17, 15) is 4.79 Å². The van der Waals surface area contributed by atoms with Crippen LogP contribution in [0.3, 0.4) is 0 Å². The van der Waals surface area contributed by atoms with Gasteiger partial charge < -0.3 is 14.4 Å². The predicted molar refractivity (Wildman–Crippen MR) is 116 cm³/mol. The molecule has 1 saturated heterocycles. The van der Waals surface area contributed by atoms with Crippen LogP contribution in [0.4, 0.5) is 0 Å². The van der Waals surface area contributed by atoms with Gasteiger partial charge in [0.05, 0.1) is 17.5 Å². The summed E-state index contributed by atoms with van der Waals surface area (Å²) in [7, 11) is 0. The van der Waals surface area contributed by atoms with E-state index in [-0.39, 0.29) is 17.7 Å². The maximum atomic E-state index is 13.1. The number of tetrazole rings is 1. The first-order valence-electron chi connectivity index (χ1n) is 10.4. The third-order valence-electron chi connectivity index (χ3n) is 5.63. The number of benzene rings is 2. The average Bonchev–Trinajstić information content (AvgIpc) is 3.47. The highest BCUT2D eigenvalue weighted by atomic mass is 32.2. The number of ether oxygens (including phenoxy) is 2. The first-order chi connectivity index (χ1) is 15.2. The number of hydrogen-bond donors (Lipinski definition) is 0. The summed E-state index contributed by atoms with van der Waals surface area (Å²) in [5.41, 5.74) is 3.07. The summed E-state index contributed by atoms with van der Waals surface area (Å²) in [5.74, 6) is 1.90. The Kier molecular flexibility index (Phi) is 5.50. The highest BCUT2D eigenvalue weighted by Crippen LogP contribution is 2.38. The van der Waals surface area contributed by atoms with Crippen molar-refractivity contribution in [2.45, 2.75) is 31.0 Å². The van der Waals surface area contributed by atoms with E-state index in [0.717, 1.165) is 47.7 Å². The molecule has 1 atom stereocenters. The van der Waals surface area contributed by atoms with E-state index in [1.165, 1.54) is 11.8 Å². The Morgan fingerprint density at radius 1 is 1.16 bits per heavy atom. The molecule has 0 spiro atoms. The second-order valence-electron chi connectivity index (χ2n) is 7.60. The van der Waals surface area contributed by atoms with Crippen LogP contribution in [0.15, 0.2) is 47.6 Å². The van der Waals surface area contributed by atoms with Crippen molar-refractivity contribution in [3.8, 4) is 17.2 Å². The van der Waals surface area contributed by atoms with Gasteiger partial charge in [-0.05, 0) is 59.5 Å². The fourth-order valence-corrected chi connectivity index (χ4v) is 4.88. The first kappa shape index (κ1) is 19.9. The summed E-state index contributed by atoms with van der Waals surface area (Å²) in [6.45, 7) is 3.88. The molecule has 3 heterocycles. The number of nitrogens with zero attached hydrogens (tertiary/aromatic N) is 5. The van der Waals surface area contributed by atoms with Crippen LogP contribution in [0.1, 0.15) is 30.0 Å². The highest BCUT2D eigenvalue weighted by molar-refractivity contribution is 7.99. The number of hydrogen-bond acceptors (Lipinski definition) is 7. The van der Waals surface area contributed by atoms with Crippen molar-refractivity contribution in [2.24, 2.45) is 0 Å². The molecule has 0 unspecified atom stereocenters. The summed E-state index contributed by atoms with van der Waals surface area (Å²) < 4.78 is 13.0. The SMILES string of the molecule is Cc1ccccc1-n1nnnc1SCC(=O)N1CCC[C@H]1c1ccc2c(c1)OCCO2. The second kappa shape index (κ2) is 8.58. The minimum atomic E-state index is 0.0521. The number of fused-ring (bicyclic) bond motifs is 1. The van der Waals surface area contributed by atoms with Gasteiger partial charge in [-0.2, -0.15) is 4.68 Å². The monoisotopic (exact) mass is 437 g/mol. The molecule has 0 saturated carbocycles. The standard InChI is InChI=1S/C22H23N5O3S/c1-15-5-2-3-6-17(15)27-22(23-24-25-27)31-14-21(28)26-10-4-7-18(26)16-8-9-19-20(13-16)30-12-11-29-19/h2-3,5-6,8-9,13,18H,4,7,10-12,14H2,1H3/t18-/m0/s1. The van der Waals surface area contributed by atoms with Gasteiger partial charge in [0, 0.05) is 6.54 Å². The molecule has 5 rings (SSSR count). The van der Waals surface area contributed by atoms with Gasteiger partial charge in [0.2, 0.25) is 11.1 Å². The van der Waals surface area contributed by atoms with Gasteiger partial charge in [-0.3, -0.25) is 4.79 Å². The summed E-state index contributed by atoms with van der Waals surface area (Å²) in [4.78, 5) is 15.1. The molecule has 0 aliphatic carbocycles. The van der Waals surface area contributed by atoms with E-state index in [0.29, 0.717) is 18.4 Å². The molecule has 2 aliphatic rings. The number of likely N-dealkylation sites (tertiary alicyclic amines) is 1. The van der Waals surface area contributed by atoms with Crippen LogP contribution < -0.4 is 9.47 Å². The Bertz CT molecular complexity index is 1100. The van der Waals surface area contributed by atoms with Gasteiger partial charge in [0.1, 0.15) is 13.2 Å². The van der Waals surface area contributed by atoms with Crippen molar-refractivity contribution in [1.82, 2.24) is 25.1 Å². The quantitative estimate of drug-likeness (QED) is 0.567. The average molecular weight is 438 g/mol. The van der Waals surface area contributed by atoms with Crippen molar-refractivity contribution >= 4 is 17.7 Å². The molecular weight excluding hydrogens is 414 g/mol. The van der Waals surface area contributed by atoms with Crippen LogP contribution >= 0.6 is 11.8 Å². The Morgan fingerprint density at radius 2 is 2.00 bits per heavy atom. The minimum Gasteiger partial charge on any atom is -0.486 e. The van der Waals surface area contributed by atoms with Crippen molar-refractivity contribution in [1.29, 1.82) is 0 Å². The zero-order valence-corrected chi connectivity index (χ0v) is 18.0. The summed E-state index contributed by atoms with van der Waals surface area (Å²) >= 11 is 1.36. The number of aryl methyl sites for hydroxylation is 1. The van der Waals surface area contributed by atoms with E-state index in [4.69, 9.17) is 9.47 Å². The Morgan fingerprint density at radius 3 is 2.87 bits per heavy atom. The number of amides is 1. The van der Waals surface area contributed by atoms with Gasteiger partial charge in [0.15, 0.2) is 11.5 Å². The Hall–Kier alpha value is -3.07. The molecule has 2 aliphatic heterocycles. The lowest BCUT2D eigenvalue weighted by molar-refractivity contribution is -0.129. The molecule has 1 aromatic heterocycles. The van der Waals surface area contributed by atoms with Crippen LogP contribution in [0.25, 0.3) is 5.69 Å². The lowest BCUT2D eigenvalue weighted by Gasteiger charge is -2.26. The second-order valence-corrected chi connectivity index (χ2v) is 8.54. The third kappa shape index (κ3) is 3.97. The van der Waals surface area contributed by atoms with E-state index in [2.05, 4.69) is 15.5 Å². The molecule has 2 aromatic carbocycles. The summed E-state index contributed by atoms with van der Waals surface area (Å²) in [6, 6.07) is 13.9. The number of carbonyl (C=O) groups is 1. The minimum absolute atomic E-state index is 0.0521. The normalized spacial score (nSPS) is 17.7. The van der Waals surface area contributed by atoms with E-state index in [1.54, 1.807) is 4.68 Å². The van der Waals surface area contributed by atoms with Gasteiger partial charge in [0.25, 0.3) is 0 Å². The number of rotatable bonds is 5. The molecule has 0 bridgehead atoms. The smallest absolute Gasteiger partial charge is 0.233 e. The third-order valence-corrected chi connectivity index (χ3v) is 6.54. The predicted octanol–water partition coefficient (Wildman–Crippen LogP) is 3.20. The zero-order chi connectivity index (χ0) is 21.2. The molecule has 1 fully saturated rings. The van der Waals surface area contributed by atoms with E-state index in [1.807, 2.05) is 54.3 Å². The molecule has 1 amide bonds. The van der Waals surface area contributed by atoms with Gasteiger partial charge in [-0.15, -0.1) is 5.10 Å². The number of carbonyl (C=O) groups excluding carboxylic acids is 1. The van der Waals surface area contributed by atoms with E-state index < -0.39 is 0 Å². The van der Waals surface area contributed by atoms with Gasteiger partial charge in [-0.25, -0.2) is 0 Å². The van der Waals surface area contributed by atoms with Crippen molar-refractivity contribution in [3.05, 3.63) is 53.6 Å². The number of para-hydroxylation sites is 1. The zero-order valence-electron chi connectivity index (χ0n) is 17.2.